The molecule has 0 spiro atoms. The summed E-state index contributed by atoms with van der Waals surface area (Å²) in [5.41, 5.74) is 4.01. The summed E-state index contributed by atoms with van der Waals surface area (Å²) in [6.07, 6.45) is 0. The average Bonchev–Trinajstić information content (AvgIpc) is 2.43. The van der Waals surface area contributed by atoms with Crippen LogP contribution in [0, 0.1) is 12.7 Å². The van der Waals surface area contributed by atoms with E-state index >= 15 is 0 Å². The van der Waals surface area contributed by atoms with E-state index in [9.17, 15) is 4.39 Å². The predicted octanol–water partition coefficient (Wildman–Crippen LogP) is 3.81. The van der Waals surface area contributed by atoms with E-state index in [0.29, 0.717) is 5.56 Å². The molecule has 0 aromatic heterocycles. The van der Waals surface area contributed by atoms with Crippen LogP contribution in [-0.4, -0.2) is 14.1 Å². The zero-order chi connectivity index (χ0) is 13.8. The number of halogens is 1. The molecule has 2 nitrogen and oxygen atoms in total. The van der Waals surface area contributed by atoms with Gasteiger partial charge in [0, 0.05) is 32.0 Å². The van der Waals surface area contributed by atoms with E-state index in [2.05, 4.69) is 22.3 Å². The highest BCUT2D eigenvalue weighted by Gasteiger charge is 2.04. The lowest BCUT2D eigenvalue weighted by molar-refractivity contribution is 0.617. The number of benzene rings is 2. The van der Waals surface area contributed by atoms with Crippen molar-refractivity contribution in [1.29, 1.82) is 0 Å². The number of aryl methyl sites for hydroxylation is 1. The maximum Gasteiger partial charge on any atom is 0.126 e. The highest BCUT2D eigenvalue weighted by atomic mass is 19.1. The van der Waals surface area contributed by atoms with Crippen molar-refractivity contribution in [3.8, 4) is 0 Å². The van der Waals surface area contributed by atoms with E-state index in [1.54, 1.807) is 6.92 Å². The second-order valence-corrected chi connectivity index (χ2v) is 4.74. The van der Waals surface area contributed by atoms with Crippen molar-refractivity contribution in [2.75, 3.05) is 24.3 Å². The van der Waals surface area contributed by atoms with Crippen LogP contribution < -0.4 is 10.2 Å². The van der Waals surface area contributed by atoms with Crippen LogP contribution in [0.2, 0.25) is 0 Å². The molecular formula is C16H19FN2. The van der Waals surface area contributed by atoms with Crippen LogP contribution in [0.5, 0.6) is 0 Å². The number of nitrogens with one attached hydrogen (secondary N) is 1. The average molecular weight is 258 g/mol. The van der Waals surface area contributed by atoms with Crippen molar-refractivity contribution in [2.45, 2.75) is 13.5 Å². The number of rotatable bonds is 4. The van der Waals surface area contributed by atoms with Gasteiger partial charge in [-0.3, -0.25) is 0 Å². The van der Waals surface area contributed by atoms with Gasteiger partial charge in [0.25, 0.3) is 0 Å². The van der Waals surface area contributed by atoms with Gasteiger partial charge in [0.15, 0.2) is 0 Å². The molecule has 0 unspecified atom stereocenters. The Labute approximate surface area is 113 Å². The molecule has 2 rings (SSSR count). The minimum atomic E-state index is -0.149. The Bertz CT molecular complexity index is 566. The van der Waals surface area contributed by atoms with Gasteiger partial charge >= 0.3 is 0 Å². The van der Waals surface area contributed by atoms with Gasteiger partial charge in [-0.25, -0.2) is 4.39 Å². The summed E-state index contributed by atoms with van der Waals surface area (Å²) in [7, 11) is 3.94. The van der Waals surface area contributed by atoms with Crippen molar-refractivity contribution < 1.29 is 4.39 Å². The molecular weight excluding hydrogens is 239 g/mol. The lowest BCUT2D eigenvalue weighted by Crippen LogP contribution is -2.16. The van der Waals surface area contributed by atoms with Crippen LogP contribution in [0.25, 0.3) is 0 Å². The highest BCUT2D eigenvalue weighted by molar-refractivity contribution is 5.57. The second-order valence-electron chi connectivity index (χ2n) is 4.74. The Morgan fingerprint density at radius 1 is 1.16 bits per heavy atom. The molecule has 0 aliphatic carbocycles. The standard InChI is InChI=1S/C16H19FN2/c1-12-9-13(7-8-16(12)17)11-19(3)15-6-4-5-14(10-15)18-2/h4-10,18H,11H2,1-3H3. The third-order valence-corrected chi connectivity index (χ3v) is 3.22. The molecule has 19 heavy (non-hydrogen) atoms. The lowest BCUT2D eigenvalue weighted by atomic mass is 10.1. The fourth-order valence-electron chi connectivity index (χ4n) is 2.07. The van der Waals surface area contributed by atoms with E-state index in [1.807, 2.05) is 38.4 Å². The van der Waals surface area contributed by atoms with Gasteiger partial charge in [-0.2, -0.15) is 0 Å². The number of hydrogen-bond donors (Lipinski definition) is 1. The van der Waals surface area contributed by atoms with Crippen molar-refractivity contribution in [3.63, 3.8) is 0 Å². The fourth-order valence-corrected chi connectivity index (χ4v) is 2.07. The van der Waals surface area contributed by atoms with Crippen LogP contribution in [0.1, 0.15) is 11.1 Å². The van der Waals surface area contributed by atoms with Crippen LogP contribution in [0.4, 0.5) is 15.8 Å². The van der Waals surface area contributed by atoms with Gasteiger partial charge in [0.1, 0.15) is 5.82 Å². The van der Waals surface area contributed by atoms with Crippen LogP contribution in [-0.2, 0) is 6.54 Å². The summed E-state index contributed by atoms with van der Waals surface area (Å²) >= 11 is 0. The van der Waals surface area contributed by atoms with Crippen molar-refractivity contribution >= 4 is 11.4 Å². The molecule has 0 radical (unpaired) electrons. The monoisotopic (exact) mass is 258 g/mol. The molecule has 2 aromatic carbocycles. The third kappa shape index (κ3) is 3.25. The number of anilines is 2. The van der Waals surface area contributed by atoms with Gasteiger partial charge in [-0.1, -0.05) is 18.2 Å². The normalized spacial score (nSPS) is 10.3. The predicted molar refractivity (Wildman–Crippen MR) is 79.2 cm³/mol. The topological polar surface area (TPSA) is 15.3 Å². The SMILES string of the molecule is CNc1cccc(N(C)Cc2ccc(F)c(C)c2)c1. The zero-order valence-electron chi connectivity index (χ0n) is 11.6. The van der Waals surface area contributed by atoms with Gasteiger partial charge in [0.2, 0.25) is 0 Å². The number of nitrogens with zero attached hydrogens (tertiary/aromatic N) is 1. The first kappa shape index (κ1) is 13.4. The summed E-state index contributed by atoms with van der Waals surface area (Å²) in [6, 6.07) is 13.5. The molecule has 0 saturated heterocycles. The first-order valence-corrected chi connectivity index (χ1v) is 6.34. The van der Waals surface area contributed by atoms with E-state index in [4.69, 9.17) is 0 Å². The Hall–Kier alpha value is -2.03. The van der Waals surface area contributed by atoms with Gasteiger partial charge in [-0.15, -0.1) is 0 Å². The largest absolute Gasteiger partial charge is 0.388 e. The van der Waals surface area contributed by atoms with E-state index in [0.717, 1.165) is 23.5 Å². The van der Waals surface area contributed by atoms with Crippen LogP contribution in [0.15, 0.2) is 42.5 Å². The molecule has 1 N–H and O–H groups in total. The summed E-state index contributed by atoms with van der Waals surface area (Å²) in [4.78, 5) is 2.15. The Morgan fingerprint density at radius 3 is 2.63 bits per heavy atom. The third-order valence-electron chi connectivity index (χ3n) is 3.22. The van der Waals surface area contributed by atoms with Crippen molar-refractivity contribution in [1.82, 2.24) is 0 Å². The molecule has 0 bridgehead atoms. The minimum Gasteiger partial charge on any atom is -0.388 e. The van der Waals surface area contributed by atoms with E-state index < -0.39 is 0 Å². The van der Waals surface area contributed by atoms with Gasteiger partial charge < -0.3 is 10.2 Å². The number of hydrogen-bond acceptors (Lipinski definition) is 2. The molecule has 3 heteroatoms. The molecule has 2 aromatic rings. The lowest BCUT2D eigenvalue weighted by Gasteiger charge is -2.20. The summed E-state index contributed by atoms with van der Waals surface area (Å²) in [6.45, 7) is 2.55. The van der Waals surface area contributed by atoms with E-state index in [-0.39, 0.29) is 5.82 Å². The molecule has 0 fully saturated rings. The fraction of sp³-hybridized carbons (Fsp3) is 0.250. The van der Waals surface area contributed by atoms with Crippen LogP contribution >= 0.6 is 0 Å². The molecule has 0 amide bonds. The zero-order valence-corrected chi connectivity index (χ0v) is 11.6. The first-order chi connectivity index (χ1) is 9.10. The van der Waals surface area contributed by atoms with Crippen LogP contribution in [0.3, 0.4) is 0 Å². The summed E-state index contributed by atoms with van der Waals surface area (Å²) in [5.74, 6) is -0.149. The molecule has 0 aliphatic rings. The molecule has 0 saturated carbocycles. The van der Waals surface area contributed by atoms with Crippen molar-refractivity contribution in [3.05, 3.63) is 59.4 Å². The van der Waals surface area contributed by atoms with E-state index in [1.165, 1.54) is 6.07 Å². The maximum atomic E-state index is 13.2. The highest BCUT2D eigenvalue weighted by Crippen LogP contribution is 2.20. The Balaban J connectivity index is 2.15. The Morgan fingerprint density at radius 2 is 1.95 bits per heavy atom. The summed E-state index contributed by atoms with van der Waals surface area (Å²) < 4.78 is 13.2. The Kier molecular flexibility index (Phi) is 4.05. The first-order valence-electron chi connectivity index (χ1n) is 6.34. The smallest absolute Gasteiger partial charge is 0.126 e. The van der Waals surface area contributed by atoms with Gasteiger partial charge in [-0.05, 0) is 42.3 Å². The molecule has 0 atom stereocenters. The van der Waals surface area contributed by atoms with Gasteiger partial charge in [0.05, 0.1) is 0 Å². The van der Waals surface area contributed by atoms with Crippen molar-refractivity contribution in [2.24, 2.45) is 0 Å². The minimum absolute atomic E-state index is 0.149. The second kappa shape index (κ2) is 5.74. The molecule has 100 valence electrons. The quantitative estimate of drug-likeness (QED) is 0.897. The molecule has 0 aliphatic heterocycles. The maximum absolute atomic E-state index is 13.2. The summed E-state index contributed by atoms with van der Waals surface area (Å²) in [5, 5.41) is 3.13. The molecule has 0 heterocycles.